The molecule has 3 rings (SSSR count). The van der Waals surface area contributed by atoms with E-state index in [0.717, 1.165) is 21.6 Å². The number of benzene rings is 2. The number of carbonyl (C=O) groups excluding carboxylic acids is 1. The number of nitrogens with zero attached hydrogens (tertiary/aromatic N) is 1. The minimum atomic E-state index is -1.02. The number of ether oxygens (including phenoxy) is 4. The fourth-order valence-corrected chi connectivity index (χ4v) is 4.23. The Labute approximate surface area is 206 Å². The molecule has 0 saturated carbocycles. The van der Waals surface area contributed by atoms with Gasteiger partial charge in [-0.15, -0.1) is 0 Å². The molecule has 0 spiro atoms. The zero-order chi connectivity index (χ0) is 25.5. The number of carboxylic acids is 1. The molecule has 4 N–H and O–H groups in total. The summed E-state index contributed by atoms with van der Waals surface area (Å²) in [5.41, 5.74) is 8.67. The molecule has 0 aliphatic heterocycles. The maximum atomic E-state index is 12.5. The van der Waals surface area contributed by atoms with Crippen LogP contribution in [0.1, 0.15) is 12.8 Å². The number of nitrogens with one attached hydrogen (secondary N) is 1. The molecule has 1 atom stereocenters. The lowest BCUT2D eigenvalue weighted by atomic mass is 10.0. The van der Waals surface area contributed by atoms with Gasteiger partial charge in [0.1, 0.15) is 5.75 Å². The molecule has 1 aromatic heterocycles. The van der Waals surface area contributed by atoms with E-state index in [-0.39, 0.29) is 12.8 Å². The molecule has 2 aromatic carbocycles. The lowest BCUT2D eigenvalue weighted by Gasteiger charge is -2.16. The maximum Gasteiger partial charge on any atom is 0.303 e. The highest BCUT2D eigenvalue weighted by Crippen LogP contribution is 2.45. The first-order valence-electron chi connectivity index (χ1n) is 10.5. The second kappa shape index (κ2) is 11.5. The number of carbonyl (C=O) groups is 2. The Balaban J connectivity index is 1.98. The minimum Gasteiger partial charge on any atom is -0.495 e. The van der Waals surface area contributed by atoms with Crippen molar-refractivity contribution >= 4 is 29.1 Å². The monoisotopic (exact) mass is 501 g/mol. The lowest BCUT2D eigenvalue weighted by molar-refractivity contribution is -0.137. The van der Waals surface area contributed by atoms with E-state index in [1.807, 2.05) is 18.2 Å². The summed E-state index contributed by atoms with van der Waals surface area (Å²) >= 11 is 1.30. The van der Waals surface area contributed by atoms with Gasteiger partial charge < -0.3 is 35.1 Å². The van der Waals surface area contributed by atoms with Crippen LogP contribution in [0, 0.1) is 0 Å². The lowest BCUT2D eigenvalue weighted by Crippen LogP contribution is -2.36. The van der Waals surface area contributed by atoms with Crippen LogP contribution in [0.15, 0.2) is 36.5 Å². The van der Waals surface area contributed by atoms with E-state index >= 15 is 0 Å². The van der Waals surface area contributed by atoms with Crippen LogP contribution in [-0.4, -0.2) is 55.8 Å². The summed E-state index contributed by atoms with van der Waals surface area (Å²) in [6.07, 6.45) is 1.54. The standard InChI is InChI=1S/C24H27N3O7S/c1-31-18-7-5-13(9-17(18)27-24(30)16(25)6-8-21(28)29)15-12-26-35-23(15)14-10-19(32-2)22(34-4)20(11-14)33-3/h5,7,9-12,16H,6,8,25H2,1-4H3,(H,27,30)(H,28,29). The molecule has 0 saturated heterocycles. The van der Waals surface area contributed by atoms with Crippen molar-refractivity contribution in [3.05, 3.63) is 36.5 Å². The van der Waals surface area contributed by atoms with Crippen LogP contribution in [-0.2, 0) is 9.59 Å². The second-order valence-electron chi connectivity index (χ2n) is 7.43. The molecule has 10 nitrogen and oxygen atoms in total. The van der Waals surface area contributed by atoms with E-state index < -0.39 is 17.9 Å². The van der Waals surface area contributed by atoms with Crippen LogP contribution in [0.2, 0.25) is 0 Å². The van der Waals surface area contributed by atoms with Crippen molar-refractivity contribution in [2.75, 3.05) is 33.8 Å². The van der Waals surface area contributed by atoms with Crippen molar-refractivity contribution in [1.29, 1.82) is 0 Å². The third-order valence-corrected chi connectivity index (χ3v) is 6.12. The van der Waals surface area contributed by atoms with Gasteiger partial charge in [-0.2, -0.15) is 4.37 Å². The Morgan fingerprint density at radius 2 is 1.66 bits per heavy atom. The molecule has 0 radical (unpaired) electrons. The molecular weight excluding hydrogens is 474 g/mol. The van der Waals surface area contributed by atoms with E-state index in [1.54, 1.807) is 39.7 Å². The first kappa shape index (κ1) is 25.8. The number of hydrogen-bond acceptors (Lipinski definition) is 9. The summed E-state index contributed by atoms with van der Waals surface area (Å²) in [4.78, 5) is 24.2. The molecule has 186 valence electrons. The number of rotatable bonds is 11. The Morgan fingerprint density at radius 1 is 1.00 bits per heavy atom. The van der Waals surface area contributed by atoms with Crippen molar-refractivity contribution in [2.45, 2.75) is 18.9 Å². The number of anilines is 1. The van der Waals surface area contributed by atoms with Crippen LogP contribution in [0.4, 0.5) is 5.69 Å². The van der Waals surface area contributed by atoms with Gasteiger partial charge in [-0.1, -0.05) is 6.07 Å². The highest BCUT2D eigenvalue weighted by atomic mass is 32.1. The largest absolute Gasteiger partial charge is 0.495 e. The van der Waals surface area contributed by atoms with Gasteiger partial charge in [-0.25, -0.2) is 0 Å². The molecule has 0 bridgehead atoms. The van der Waals surface area contributed by atoms with Crippen LogP contribution in [0.3, 0.4) is 0 Å². The predicted octanol–water partition coefficient (Wildman–Crippen LogP) is 3.64. The van der Waals surface area contributed by atoms with Gasteiger partial charge >= 0.3 is 5.97 Å². The predicted molar refractivity (Wildman–Crippen MR) is 133 cm³/mol. The molecule has 0 aliphatic rings. The van der Waals surface area contributed by atoms with E-state index in [0.29, 0.717) is 28.7 Å². The van der Waals surface area contributed by atoms with Gasteiger partial charge in [0.15, 0.2) is 11.5 Å². The molecule has 1 heterocycles. The molecule has 0 fully saturated rings. The van der Waals surface area contributed by atoms with Crippen molar-refractivity contribution < 1.29 is 33.6 Å². The number of hydrogen-bond donors (Lipinski definition) is 3. The van der Waals surface area contributed by atoms with Gasteiger partial charge in [0, 0.05) is 23.7 Å². The average molecular weight is 502 g/mol. The van der Waals surface area contributed by atoms with E-state index in [9.17, 15) is 9.59 Å². The van der Waals surface area contributed by atoms with Crippen molar-refractivity contribution in [3.63, 3.8) is 0 Å². The fourth-order valence-electron chi connectivity index (χ4n) is 3.47. The number of carboxylic acid groups (broad SMARTS) is 1. The van der Waals surface area contributed by atoms with Crippen LogP contribution in [0.25, 0.3) is 21.6 Å². The SMILES string of the molecule is COc1ccc(-c2cnsc2-c2cc(OC)c(OC)c(OC)c2)cc1NC(=O)C(N)CCC(=O)O. The quantitative estimate of drug-likeness (QED) is 0.359. The number of methoxy groups -OCH3 is 4. The van der Waals surface area contributed by atoms with E-state index in [4.69, 9.17) is 29.8 Å². The zero-order valence-electron chi connectivity index (χ0n) is 19.8. The molecule has 1 amide bonds. The summed E-state index contributed by atoms with van der Waals surface area (Å²) in [6, 6.07) is 8.04. The van der Waals surface area contributed by atoms with Gasteiger partial charge in [0.05, 0.1) is 45.0 Å². The van der Waals surface area contributed by atoms with Crippen molar-refractivity contribution in [1.82, 2.24) is 4.37 Å². The van der Waals surface area contributed by atoms with Crippen LogP contribution < -0.4 is 30.0 Å². The Bertz CT molecular complexity index is 1190. The Hall–Kier alpha value is -3.83. The van der Waals surface area contributed by atoms with Crippen molar-refractivity contribution in [3.8, 4) is 44.6 Å². The summed E-state index contributed by atoms with van der Waals surface area (Å²) < 4.78 is 26.1. The van der Waals surface area contributed by atoms with Crippen LogP contribution in [0.5, 0.6) is 23.0 Å². The molecular formula is C24H27N3O7S. The number of nitrogens with two attached hydrogens (primary N) is 1. The fraction of sp³-hybridized carbons (Fsp3) is 0.292. The average Bonchev–Trinajstić information content (AvgIpc) is 3.36. The topological polar surface area (TPSA) is 142 Å². The number of aromatic nitrogens is 1. The van der Waals surface area contributed by atoms with Gasteiger partial charge in [-0.3, -0.25) is 9.59 Å². The highest BCUT2D eigenvalue weighted by Gasteiger charge is 2.20. The highest BCUT2D eigenvalue weighted by molar-refractivity contribution is 7.10. The van der Waals surface area contributed by atoms with E-state index in [2.05, 4.69) is 9.69 Å². The second-order valence-corrected chi connectivity index (χ2v) is 8.23. The summed E-state index contributed by atoms with van der Waals surface area (Å²) in [6.45, 7) is 0. The smallest absolute Gasteiger partial charge is 0.303 e. The number of aliphatic carboxylic acids is 1. The summed E-state index contributed by atoms with van der Waals surface area (Å²) in [5.74, 6) is 0.425. The van der Waals surface area contributed by atoms with Crippen LogP contribution >= 0.6 is 11.5 Å². The van der Waals surface area contributed by atoms with Gasteiger partial charge in [0.2, 0.25) is 11.7 Å². The zero-order valence-corrected chi connectivity index (χ0v) is 20.6. The minimum absolute atomic E-state index is 0.0168. The first-order chi connectivity index (χ1) is 16.8. The third-order valence-electron chi connectivity index (χ3n) is 5.27. The molecule has 3 aromatic rings. The molecule has 11 heteroatoms. The van der Waals surface area contributed by atoms with E-state index in [1.165, 1.54) is 18.6 Å². The van der Waals surface area contributed by atoms with Gasteiger partial charge in [-0.05, 0) is 47.8 Å². The third kappa shape index (κ3) is 5.81. The Morgan fingerprint density at radius 3 is 2.23 bits per heavy atom. The van der Waals surface area contributed by atoms with Gasteiger partial charge in [0.25, 0.3) is 0 Å². The normalized spacial score (nSPS) is 11.5. The number of amides is 1. The summed E-state index contributed by atoms with van der Waals surface area (Å²) in [7, 11) is 6.13. The summed E-state index contributed by atoms with van der Waals surface area (Å²) in [5, 5.41) is 11.6. The molecule has 0 aliphatic carbocycles. The maximum absolute atomic E-state index is 12.5. The first-order valence-corrected chi connectivity index (χ1v) is 11.3. The molecule has 1 unspecified atom stereocenters. The van der Waals surface area contributed by atoms with Crippen molar-refractivity contribution in [2.24, 2.45) is 5.73 Å². The Kier molecular flexibility index (Phi) is 8.50. The molecule has 35 heavy (non-hydrogen) atoms.